The topological polar surface area (TPSA) is 60.4 Å². The molecular weight excluding hydrogens is 172 g/mol. The maximum absolute atomic E-state index is 10.9. The van der Waals surface area contributed by atoms with E-state index in [0.717, 1.165) is 6.08 Å². The fourth-order valence-corrected chi connectivity index (χ4v) is 0.639. The zero-order chi connectivity index (χ0) is 10.3. The van der Waals surface area contributed by atoms with Gasteiger partial charge in [0.05, 0.1) is 6.42 Å². The molecule has 13 heavy (non-hydrogen) atoms. The highest BCUT2D eigenvalue weighted by Gasteiger charge is 2.05. The number of carbonyl (C=O) groups is 3. The maximum atomic E-state index is 10.9. The van der Waals surface area contributed by atoms with Crippen LogP contribution >= 0.6 is 0 Å². The van der Waals surface area contributed by atoms with Crippen LogP contribution < -0.4 is 0 Å². The van der Waals surface area contributed by atoms with Crippen molar-refractivity contribution in [2.24, 2.45) is 0 Å². The largest absolute Gasteiger partial charge is 0.431 e. The standard InChI is InChI=1S/C9H12O4/c1-7(11)3-4-9(12)13-8(2)5-6-10/h5-6H,3-4H2,1-2H3. The minimum Gasteiger partial charge on any atom is -0.431 e. The normalized spacial score (nSPS) is 10.8. The Kier molecular flexibility index (Phi) is 5.43. The molecular formula is C9H12O4. The monoisotopic (exact) mass is 184 g/mol. The molecule has 0 aliphatic rings. The zero-order valence-electron chi connectivity index (χ0n) is 7.70. The van der Waals surface area contributed by atoms with Crippen molar-refractivity contribution in [1.82, 2.24) is 0 Å². The number of Topliss-reactive ketones (excluding diaryl/α,β-unsaturated/α-hetero) is 1. The number of aldehydes is 1. The minimum absolute atomic E-state index is 0.0549. The molecule has 0 aliphatic heterocycles. The minimum atomic E-state index is -0.495. The number of esters is 1. The van der Waals surface area contributed by atoms with Gasteiger partial charge in [-0.05, 0) is 13.8 Å². The van der Waals surface area contributed by atoms with Gasteiger partial charge in [0.1, 0.15) is 17.8 Å². The van der Waals surface area contributed by atoms with E-state index in [1.807, 2.05) is 0 Å². The SMILES string of the molecule is CC(=O)CCC(=O)OC(C)=CC=O. The second kappa shape index (κ2) is 6.11. The molecule has 0 saturated heterocycles. The Morgan fingerprint density at radius 2 is 1.85 bits per heavy atom. The molecule has 0 aromatic rings. The molecule has 0 N–H and O–H groups in total. The van der Waals surface area contributed by atoms with E-state index in [9.17, 15) is 14.4 Å². The number of hydrogen-bond acceptors (Lipinski definition) is 4. The summed E-state index contributed by atoms with van der Waals surface area (Å²) in [6.45, 7) is 2.90. The van der Waals surface area contributed by atoms with Crippen molar-refractivity contribution < 1.29 is 19.1 Å². The number of ketones is 1. The van der Waals surface area contributed by atoms with Crippen LogP contribution in [0, 0.1) is 0 Å². The highest BCUT2D eigenvalue weighted by atomic mass is 16.5. The number of rotatable bonds is 5. The van der Waals surface area contributed by atoms with Gasteiger partial charge in [0.2, 0.25) is 0 Å². The maximum Gasteiger partial charge on any atom is 0.311 e. The predicted octanol–water partition coefficient (Wildman–Crippen LogP) is 1.00. The Bertz CT molecular complexity index is 240. The van der Waals surface area contributed by atoms with Crippen LogP contribution in [-0.4, -0.2) is 18.0 Å². The van der Waals surface area contributed by atoms with E-state index in [2.05, 4.69) is 4.74 Å². The number of carbonyl (C=O) groups excluding carboxylic acids is 3. The molecule has 0 rings (SSSR count). The van der Waals surface area contributed by atoms with E-state index in [4.69, 9.17) is 0 Å². The van der Waals surface area contributed by atoms with Crippen LogP contribution in [0.5, 0.6) is 0 Å². The first kappa shape index (κ1) is 11.6. The second-order valence-corrected chi connectivity index (χ2v) is 2.59. The summed E-state index contributed by atoms with van der Waals surface area (Å²) in [7, 11) is 0. The molecule has 0 aliphatic carbocycles. The van der Waals surface area contributed by atoms with E-state index < -0.39 is 5.97 Å². The zero-order valence-corrected chi connectivity index (χ0v) is 7.70. The number of allylic oxidation sites excluding steroid dienone is 2. The van der Waals surface area contributed by atoms with Crippen molar-refractivity contribution in [2.45, 2.75) is 26.7 Å². The summed E-state index contributed by atoms with van der Waals surface area (Å²) in [6.07, 6.45) is 1.91. The van der Waals surface area contributed by atoms with Crippen LogP contribution in [0.1, 0.15) is 26.7 Å². The lowest BCUT2D eigenvalue weighted by Crippen LogP contribution is -2.05. The molecule has 0 radical (unpaired) electrons. The molecule has 0 aromatic carbocycles. The summed E-state index contributed by atoms with van der Waals surface area (Å²) in [5, 5.41) is 0. The van der Waals surface area contributed by atoms with Crippen LogP contribution in [0.3, 0.4) is 0 Å². The molecule has 0 unspecified atom stereocenters. The molecule has 0 atom stereocenters. The first-order valence-corrected chi connectivity index (χ1v) is 3.88. The lowest BCUT2D eigenvalue weighted by atomic mass is 10.2. The Morgan fingerprint density at radius 1 is 1.23 bits per heavy atom. The number of ether oxygens (including phenoxy) is 1. The van der Waals surface area contributed by atoms with E-state index in [0.29, 0.717) is 6.29 Å². The average molecular weight is 184 g/mol. The Morgan fingerprint density at radius 3 is 2.31 bits per heavy atom. The van der Waals surface area contributed by atoms with Crippen LogP contribution in [0.15, 0.2) is 11.8 Å². The van der Waals surface area contributed by atoms with Gasteiger partial charge >= 0.3 is 5.97 Å². The van der Waals surface area contributed by atoms with Gasteiger partial charge in [-0.15, -0.1) is 0 Å². The quantitative estimate of drug-likeness (QED) is 0.277. The van der Waals surface area contributed by atoms with Gasteiger partial charge in [-0.1, -0.05) is 0 Å². The van der Waals surface area contributed by atoms with Crippen molar-refractivity contribution in [3.8, 4) is 0 Å². The Hall–Kier alpha value is -1.45. The molecule has 0 bridgehead atoms. The van der Waals surface area contributed by atoms with Gasteiger partial charge in [0.15, 0.2) is 0 Å². The fraction of sp³-hybridized carbons (Fsp3) is 0.444. The average Bonchev–Trinajstić information content (AvgIpc) is 2.01. The Labute approximate surface area is 76.6 Å². The molecule has 0 spiro atoms. The molecule has 72 valence electrons. The van der Waals surface area contributed by atoms with Crippen molar-refractivity contribution >= 4 is 18.0 Å². The molecule has 0 aromatic heterocycles. The van der Waals surface area contributed by atoms with Crippen LogP contribution in [0.25, 0.3) is 0 Å². The smallest absolute Gasteiger partial charge is 0.311 e. The highest BCUT2D eigenvalue weighted by molar-refractivity contribution is 5.81. The summed E-state index contributed by atoms with van der Waals surface area (Å²) in [4.78, 5) is 31.3. The van der Waals surface area contributed by atoms with E-state index in [1.54, 1.807) is 0 Å². The third-order valence-corrected chi connectivity index (χ3v) is 1.26. The van der Waals surface area contributed by atoms with E-state index in [1.165, 1.54) is 13.8 Å². The van der Waals surface area contributed by atoms with Gasteiger partial charge in [-0.3, -0.25) is 9.59 Å². The number of hydrogen-bond donors (Lipinski definition) is 0. The lowest BCUT2D eigenvalue weighted by Gasteiger charge is -2.01. The molecule has 0 heterocycles. The summed E-state index contributed by atoms with van der Waals surface area (Å²) in [6, 6.07) is 0. The van der Waals surface area contributed by atoms with Crippen LogP contribution in [-0.2, 0) is 19.1 Å². The van der Waals surface area contributed by atoms with Gasteiger partial charge in [-0.25, -0.2) is 0 Å². The van der Waals surface area contributed by atoms with Crippen molar-refractivity contribution in [1.29, 1.82) is 0 Å². The van der Waals surface area contributed by atoms with E-state index >= 15 is 0 Å². The highest BCUT2D eigenvalue weighted by Crippen LogP contribution is 2.00. The summed E-state index contributed by atoms with van der Waals surface area (Å²) >= 11 is 0. The first-order chi connectivity index (χ1) is 6.06. The molecule has 0 amide bonds. The molecule has 0 saturated carbocycles. The van der Waals surface area contributed by atoms with Crippen LogP contribution in [0.2, 0.25) is 0 Å². The van der Waals surface area contributed by atoms with Gasteiger partial charge in [0.25, 0.3) is 0 Å². The molecule has 4 nitrogen and oxygen atoms in total. The molecule has 4 heteroatoms. The molecule has 0 fully saturated rings. The predicted molar refractivity (Wildman–Crippen MR) is 45.8 cm³/mol. The Balaban J connectivity index is 3.81. The summed E-state index contributed by atoms with van der Waals surface area (Å²) < 4.78 is 4.68. The van der Waals surface area contributed by atoms with Gasteiger partial charge in [0, 0.05) is 12.5 Å². The first-order valence-electron chi connectivity index (χ1n) is 3.88. The third-order valence-electron chi connectivity index (χ3n) is 1.26. The van der Waals surface area contributed by atoms with E-state index in [-0.39, 0.29) is 24.4 Å². The van der Waals surface area contributed by atoms with Gasteiger partial charge in [-0.2, -0.15) is 0 Å². The third kappa shape index (κ3) is 6.93. The fourth-order valence-electron chi connectivity index (χ4n) is 0.639. The summed E-state index contributed by atoms with van der Waals surface area (Å²) in [5.74, 6) is -0.316. The van der Waals surface area contributed by atoms with Crippen molar-refractivity contribution in [3.05, 3.63) is 11.8 Å². The van der Waals surface area contributed by atoms with Gasteiger partial charge < -0.3 is 9.53 Å². The van der Waals surface area contributed by atoms with Crippen molar-refractivity contribution in [3.63, 3.8) is 0 Å². The van der Waals surface area contributed by atoms with Crippen molar-refractivity contribution in [2.75, 3.05) is 0 Å². The lowest BCUT2D eigenvalue weighted by molar-refractivity contribution is -0.140. The summed E-state index contributed by atoms with van der Waals surface area (Å²) in [5.41, 5.74) is 0. The second-order valence-electron chi connectivity index (χ2n) is 2.59. The van der Waals surface area contributed by atoms with Crippen LogP contribution in [0.4, 0.5) is 0 Å².